The Morgan fingerprint density at radius 1 is 1.61 bits per heavy atom. The maximum Gasteiger partial charge on any atom is 0.287 e. The molecule has 100 valence electrons. The zero-order valence-electron chi connectivity index (χ0n) is 10.8. The highest BCUT2D eigenvalue weighted by Gasteiger charge is 2.21. The molecule has 1 atom stereocenters. The number of anilines is 1. The fourth-order valence-electron chi connectivity index (χ4n) is 2.25. The molecule has 0 radical (unpaired) electrons. The third kappa shape index (κ3) is 2.84. The monoisotopic (exact) mass is 270 g/mol. The topological polar surface area (TPSA) is 50.2 Å². The Balaban J connectivity index is 1.95. The van der Waals surface area contributed by atoms with Gasteiger partial charge in [-0.1, -0.05) is 18.5 Å². The number of likely N-dealkylation sites (tertiary alicyclic amines) is 1. The number of halogens is 1. The van der Waals surface area contributed by atoms with Gasteiger partial charge in [0.25, 0.3) is 5.56 Å². The molecule has 1 aliphatic rings. The lowest BCUT2D eigenvalue weighted by atomic mass is 10.1. The summed E-state index contributed by atoms with van der Waals surface area (Å²) in [5.74, 6) is 0.616. The van der Waals surface area contributed by atoms with E-state index in [9.17, 15) is 4.79 Å². The van der Waals surface area contributed by atoms with Crippen LogP contribution in [0.3, 0.4) is 0 Å². The third-order valence-electron chi connectivity index (χ3n) is 3.48. The second kappa shape index (κ2) is 5.71. The molecule has 0 amide bonds. The van der Waals surface area contributed by atoms with E-state index >= 15 is 0 Å². The van der Waals surface area contributed by atoms with Gasteiger partial charge < -0.3 is 10.2 Å². The van der Waals surface area contributed by atoms with Gasteiger partial charge in [-0.25, -0.2) is 4.68 Å². The van der Waals surface area contributed by atoms with E-state index in [1.807, 2.05) is 0 Å². The van der Waals surface area contributed by atoms with Crippen LogP contribution in [0.25, 0.3) is 0 Å². The molecule has 0 saturated carbocycles. The van der Waals surface area contributed by atoms with Gasteiger partial charge in [-0.3, -0.25) is 4.79 Å². The average molecular weight is 271 g/mol. The van der Waals surface area contributed by atoms with Crippen LogP contribution in [0, 0.1) is 5.92 Å². The van der Waals surface area contributed by atoms with Crippen LogP contribution in [0.5, 0.6) is 0 Å². The molecule has 0 aromatic carbocycles. The van der Waals surface area contributed by atoms with E-state index in [2.05, 4.69) is 22.2 Å². The van der Waals surface area contributed by atoms with Crippen LogP contribution < -0.4 is 10.9 Å². The molecule has 1 aromatic rings. The second-order valence-corrected chi connectivity index (χ2v) is 5.11. The van der Waals surface area contributed by atoms with Crippen molar-refractivity contribution < 1.29 is 0 Å². The van der Waals surface area contributed by atoms with Crippen molar-refractivity contribution in [1.29, 1.82) is 0 Å². The molecule has 1 fully saturated rings. The summed E-state index contributed by atoms with van der Waals surface area (Å²) in [6.45, 7) is 6.39. The molecule has 0 spiro atoms. The largest absolute Gasteiger partial charge is 0.382 e. The van der Waals surface area contributed by atoms with Gasteiger partial charge in [0.1, 0.15) is 5.02 Å². The Morgan fingerprint density at radius 3 is 3.06 bits per heavy atom. The van der Waals surface area contributed by atoms with E-state index in [4.69, 9.17) is 11.6 Å². The van der Waals surface area contributed by atoms with Crippen molar-refractivity contribution >= 4 is 17.3 Å². The van der Waals surface area contributed by atoms with Crippen molar-refractivity contribution in [1.82, 2.24) is 14.7 Å². The molecule has 5 nitrogen and oxygen atoms in total. The second-order valence-electron chi connectivity index (χ2n) is 4.73. The number of aryl methyl sites for hydroxylation is 1. The van der Waals surface area contributed by atoms with Gasteiger partial charge in [0, 0.05) is 20.1 Å². The van der Waals surface area contributed by atoms with Gasteiger partial charge in [0.05, 0.1) is 11.9 Å². The number of rotatable bonds is 4. The standard InChI is InChI=1S/C12H19ClN4O/c1-3-17-5-4-9(8-17)6-14-10-7-15-16(2)12(18)11(10)13/h7,9,14H,3-6,8H2,1-2H3. The maximum atomic E-state index is 11.6. The molecule has 6 heteroatoms. The molecule has 1 saturated heterocycles. The van der Waals surface area contributed by atoms with Crippen LogP contribution in [-0.2, 0) is 7.05 Å². The first-order chi connectivity index (χ1) is 8.61. The normalized spacial score (nSPS) is 20.3. The van der Waals surface area contributed by atoms with E-state index in [0.29, 0.717) is 11.6 Å². The summed E-state index contributed by atoms with van der Waals surface area (Å²) < 4.78 is 1.24. The zero-order chi connectivity index (χ0) is 13.1. The Kier molecular flexibility index (Phi) is 4.24. The van der Waals surface area contributed by atoms with Crippen LogP contribution in [0.2, 0.25) is 5.02 Å². The number of aromatic nitrogens is 2. The van der Waals surface area contributed by atoms with Crippen molar-refractivity contribution in [2.24, 2.45) is 13.0 Å². The predicted molar refractivity (Wildman–Crippen MR) is 73.2 cm³/mol. The number of hydrogen-bond donors (Lipinski definition) is 1. The predicted octanol–water partition coefficient (Wildman–Crippen LogP) is 1.19. The van der Waals surface area contributed by atoms with E-state index in [1.54, 1.807) is 13.2 Å². The summed E-state index contributed by atoms with van der Waals surface area (Å²) in [5, 5.41) is 7.42. The number of nitrogens with zero attached hydrogens (tertiary/aromatic N) is 3. The summed E-state index contributed by atoms with van der Waals surface area (Å²) in [4.78, 5) is 14.0. The first kappa shape index (κ1) is 13.4. The minimum Gasteiger partial charge on any atom is -0.382 e. The Morgan fingerprint density at radius 2 is 2.39 bits per heavy atom. The lowest BCUT2D eigenvalue weighted by Gasteiger charge is -2.14. The van der Waals surface area contributed by atoms with Gasteiger partial charge in [0.2, 0.25) is 0 Å². The highest BCUT2D eigenvalue weighted by Crippen LogP contribution is 2.19. The van der Waals surface area contributed by atoms with Gasteiger partial charge in [-0.05, 0) is 25.4 Å². The van der Waals surface area contributed by atoms with Gasteiger partial charge in [-0.15, -0.1) is 0 Å². The quantitative estimate of drug-likeness (QED) is 0.893. The van der Waals surface area contributed by atoms with Crippen molar-refractivity contribution in [2.45, 2.75) is 13.3 Å². The van der Waals surface area contributed by atoms with Crippen LogP contribution in [0.1, 0.15) is 13.3 Å². The maximum absolute atomic E-state index is 11.6. The van der Waals surface area contributed by atoms with Crippen molar-refractivity contribution in [3.8, 4) is 0 Å². The molecule has 1 unspecified atom stereocenters. The summed E-state index contributed by atoms with van der Waals surface area (Å²) in [5.41, 5.74) is 0.373. The third-order valence-corrected chi connectivity index (χ3v) is 3.84. The molecule has 2 rings (SSSR count). The smallest absolute Gasteiger partial charge is 0.287 e. The molecule has 1 N–H and O–H groups in total. The Bertz CT molecular complexity index is 474. The first-order valence-electron chi connectivity index (χ1n) is 6.29. The minimum absolute atomic E-state index is 0.220. The Hall–Kier alpha value is -1.07. The lowest BCUT2D eigenvalue weighted by Crippen LogP contribution is -2.24. The summed E-state index contributed by atoms with van der Waals surface area (Å²) in [6.07, 6.45) is 2.80. The first-order valence-corrected chi connectivity index (χ1v) is 6.67. The van der Waals surface area contributed by atoms with E-state index in [1.165, 1.54) is 11.1 Å². The Labute approximate surface area is 112 Å². The molecule has 1 aromatic heterocycles. The fourth-order valence-corrected chi connectivity index (χ4v) is 2.49. The summed E-state index contributed by atoms with van der Waals surface area (Å²) in [6, 6.07) is 0. The van der Waals surface area contributed by atoms with Crippen molar-refractivity contribution in [3.63, 3.8) is 0 Å². The van der Waals surface area contributed by atoms with E-state index < -0.39 is 0 Å². The molecular weight excluding hydrogens is 252 g/mol. The summed E-state index contributed by atoms with van der Waals surface area (Å²) in [7, 11) is 1.59. The molecular formula is C12H19ClN4O. The molecule has 0 bridgehead atoms. The van der Waals surface area contributed by atoms with Crippen LogP contribution in [0.15, 0.2) is 11.0 Å². The van der Waals surface area contributed by atoms with Crippen LogP contribution >= 0.6 is 11.6 Å². The lowest BCUT2D eigenvalue weighted by molar-refractivity contribution is 0.345. The fraction of sp³-hybridized carbons (Fsp3) is 0.667. The molecule has 1 aliphatic heterocycles. The van der Waals surface area contributed by atoms with Crippen LogP contribution in [0.4, 0.5) is 5.69 Å². The highest BCUT2D eigenvalue weighted by atomic mass is 35.5. The molecule has 0 aliphatic carbocycles. The molecule has 2 heterocycles. The van der Waals surface area contributed by atoms with Gasteiger partial charge in [-0.2, -0.15) is 5.10 Å². The SMILES string of the molecule is CCN1CCC(CNc2cnn(C)c(=O)c2Cl)C1. The molecule has 18 heavy (non-hydrogen) atoms. The van der Waals surface area contributed by atoms with E-state index in [0.717, 1.165) is 26.2 Å². The van der Waals surface area contributed by atoms with E-state index in [-0.39, 0.29) is 10.6 Å². The minimum atomic E-state index is -0.261. The average Bonchev–Trinajstić information content (AvgIpc) is 2.83. The van der Waals surface area contributed by atoms with Crippen molar-refractivity contribution in [2.75, 3.05) is 31.5 Å². The van der Waals surface area contributed by atoms with Gasteiger partial charge in [0.15, 0.2) is 0 Å². The highest BCUT2D eigenvalue weighted by molar-refractivity contribution is 6.32. The van der Waals surface area contributed by atoms with Crippen molar-refractivity contribution in [3.05, 3.63) is 21.6 Å². The number of nitrogens with one attached hydrogen (secondary N) is 1. The zero-order valence-corrected chi connectivity index (χ0v) is 11.6. The van der Waals surface area contributed by atoms with Crippen LogP contribution in [-0.4, -0.2) is 40.9 Å². The van der Waals surface area contributed by atoms with Gasteiger partial charge >= 0.3 is 0 Å². The number of hydrogen-bond acceptors (Lipinski definition) is 4. The summed E-state index contributed by atoms with van der Waals surface area (Å²) >= 11 is 5.99.